The van der Waals surface area contributed by atoms with Gasteiger partial charge in [-0.05, 0) is 37.5 Å². The van der Waals surface area contributed by atoms with E-state index in [1.807, 2.05) is 19.9 Å². The van der Waals surface area contributed by atoms with Crippen molar-refractivity contribution in [3.05, 3.63) is 29.7 Å². The molecule has 0 spiro atoms. The van der Waals surface area contributed by atoms with Crippen molar-refractivity contribution in [2.45, 2.75) is 58.5 Å². The summed E-state index contributed by atoms with van der Waals surface area (Å²) < 4.78 is 19.5. The standard InChI is InChI=1S/C19H24FN3OS.C2H6/c1-2-3-15-11-25-19(22-15)17-9-12-8-13(20)10-16(18(12)23-17)21-14-4-6-24-7-5-14;1-2/h8-10,14-15,21,23H,2-7,11H2,1H3;1-2H3. The third kappa shape index (κ3) is 4.85. The summed E-state index contributed by atoms with van der Waals surface area (Å²) in [7, 11) is 0. The molecule has 4 rings (SSSR count). The van der Waals surface area contributed by atoms with Crippen LogP contribution < -0.4 is 5.32 Å². The molecular formula is C21H30FN3OS. The van der Waals surface area contributed by atoms with Crippen LogP contribution in [0.5, 0.6) is 0 Å². The van der Waals surface area contributed by atoms with Gasteiger partial charge < -0.3 is 15.0 Å². The van der Waals surface area contributed by atoms with E-state index in [1.165, 1.54) is 0 Å². The minimum Gasteiger partial charge on any atom is -0.381 e. The lowest BCUT2D eigenvalue weighted by Crippen LogP contribution is -2.27. The van der Waals surface area contributed by atoms with E-state index in [-0.39, 0.29) is 5.82 Å². The number of aromatic amines is 1. The molecule has 2 N–H and O–H groups in total. The average molecular weight is 392 g/mol. The third-order valence-electron chi connectivity index (χ3n) is 4.84. The highest BCUT2D eigenvalue weighted by Crippen LogP contribution is 2.31. The smallest absolute Gasteiger partial charge is 0.126 e. The van der Waals surface area contributed by atoms with Crippen molar-refractivity contribution in [2.75, 3.05) is 24.3 Å². The molecule has 27 heavy (non-hydrogen) atoms. The van der Waals surface area contributed by atoms with E-state index in [9.17, 15) is 4.39 Å². The summed E-state index contributed by atoms with van der Waals surface area (Å²) in [6, 6.07) is 5.94. The Bertz CT molecular complexity index is 783. The van der Waals surface area contributed by atoms with Crippen molar-refractivity contribution in [1.82, 2.24) is 4.98 Å². The second-order valence-corrected chi connectivity index (χ2v) is 7.83. The molecule has 0 bridgehead atoms. The maximum Gasteiger partial charge on any atom is 0.126 e. The van der Waals surface area contributed by atoms with E-state index >= 15 is 0 Å². The van der Waals surface area contributed by atoms with Crippen LogP contribution in [-0.4, -0.2) is 41.1 Å². The molecule has 2 aliphatic rings. The first kappa shape index (κ1) is 20.2. The Morgan fingerprint density at radius 2 is 2.04 bits per heavy atom. The van der Waals surface area contributed by atoms with Crippen LogP contribution in [0.4, 0.5) is 10.1 Å². The molecule has 1 fully saturated rings. The van der Waals surface area contributed by atoms with Gasteiger partial charge in [-0.25, -0.2) is 4.39 Å². The highest BCUT2D eigenvalue weighted by atomic mass is 32.2. The minimum atomic E-state index is -0.211. The average Bonchev–Trinajstić information content (AvgIpc) is 3.31. The van der Waals surface area contributed by atoms with Gasteiger partial charge in [-0.1, -0.05) is 27.2 Å². The molecule has 3 heterocycles. The van der Waals surface area contributed by atoms with E-state index in [4.69, 9.17) is 9.73 Å². The van der Waals surface area contributed by atoms with Crippen LogP contribution in [0.15, 0.2) is 23.2 Å². The van der Waals surface area contributed by atoms with Crippen molar-refractivity contribution < 1.29 is 9.13 Å². The van der Waals surface area contributed by atoms with Crippen molar-refractivity contribution >= 4 is 33.4 Å². The summed E-state index contributed by atoms with van der Waals surface area (Å²) in [5.41, 5.74) is 2.80. The Balaban J connectivity index is 0.00000102. The second-order valence-electron chi connectivity index (χ2n) is 6.82. The van der Waals surface area contributed by atoms with Crippen LogP contribution in [-0.2, 0) is 4.74 Å². The number of fused-ring (bicyclic) bond motifs is 1. The van der Waals surface area contributed by atoms with Gasteiger partial charge in [-0.2, -0.15) is 0 Å². The highest BCUT2D eigenvalue weighted by molar-refractivity contribution is 8.14. The zero-order valence-electron chi connectivity index (χ0n) is 16.5. The van der Waals surface area contributed by atoms with Gasteiger partial charge in [0.1, 0.15) is 10.9 Å². The van der Waals surface area contributed by atoms with Crippen molar-refractivity contribution in [3.8, 4) is 0 Å². The fourth-order valence-electron chi connectivity index (χ4n) is 3.54. The lowest BCUT2D eigenvalue weighted by atomic mass is 10.1. The number of nitrogens with one attached hydrogen (secondary N) is 2. The van der Waals surface area contributed by atoms with Crippen LogP contribution in [0.3, 0.4) is 0 Å². The van der Waals surface area contributed by atoms with Crippen molar-refractivity contribution in [3.63, 3.8) is 0 Å². The van der Waals surface area contributed by atoms with E-state index in [0.717, 1.165) is 72.0 Å². The number of nitrogens with zero attached hydrogens (tertiary/aromatic N) is 1. The topological polar surface area (TPSA) is 49.4 Å². The number of benzene rings is 1. The Hall–Kier alpha value is -1.53. The molecule has 0 aliphatic carbocycles. The first-order valence-corrected chi connectivity index (χ1v) is 11.1. The number of aliphatic imine (C=N–C) groups is 1. The quantitative estimate of drug-likeness (QED) is 0.699. The lowest BCUT2D eigenvalue weighted by Gasteiger charge is -2.24. The van der Waals surface area contributed by atoms with Gasteiger partial charge >= 0.3 is 0 Å². The number of halogens is 1. The van der Waals surface area contributed by atoms with Gasteiger partial charge in [0, 0.05) is 30.4 Å². The normalized spacial score (nSPS) is 20.3. The monoisotopic (exact) mass is 391 g/mol. The molecule has 1 aromatic heterocycles. The van der Waals surface area contributed by atoms with Crippen molar-refractivity contribution in [1.29, 1.82) is 0 Å². The van der Waals surface area contributed by atoms with Crippen LogP contribution >= 0.6 is 11.8 Å². The molecule has 1 unspecified atom stereocenters. The molecule has 148 valence electrons. The molecule has 0 saturated carbocycles. The lowest BCUT2D eigenvalue weighted by molar-refractivity contribution is 0.0905. The third-order valence-corrected chi connectivity index (χ3v) is 5.99. The number of anilines is 1. The Kier molecular flexibility index (Phi) is 7.19. The summed E-state index contributed by atoms with van der Waals surface area (Å²) in [6.45, 7) is 7.72. The number of thioether (sulfide) groups is 1. The number of aromatic nitrogens is 1. The van der Waals surface area contributed by atoms with E-state index in [0.29, 0.717) is 12.1 Å². The Morgan fingerprint density at radius 3 is 2.78 bits per heavy atom. The molecule has 2 aromatic rings. The number of hydrogen-bond acceptors (Lipinski definition) is 4. The zero-order valence-corrected chi connectivity index (χ0v) is 17.3. The van der Waals surface area contributed by atoms with Gasteiger partial charge in [0.05, 0.1) is 22.9 Å². The van der Waals surface area contributed by atoms with E-state index in [2.05, 4.69) is 17.2 Å². The molecule has 2 aliphatic heterocycles. The molecule has 1 saturated heterocycles. The molecule has 1 aromatic carbocycles. The SMILES string of the molecule is CC.CCCC1CSC(c2cc3cc(F)cc(NC4CCOCC4)c3[nH]2)=N1. The van der Waals surface area contributed by atoms with Gasteiger partial charge in [0.2, 0.25) is 0 Å². The number of H-pyrrole nitrogens is 1. The molecule has 6 heteroatoms. The molecule has 1 atom stereocenters. The fraction of sp³-hybridized carbons (Fsp3) is 0.571. The summed E-state index contributed by atoms with van der Waals surface area (Å²) in [5.74, 6) is 0.831. The van der Waals surface area contributed by atoms with Gasteiger partial charge in [0.25, 0.3) is 0 Å². The number of rotatable bonds is 5. The largest absolute Gasteiger partial charge is 0.381 e. The van der Waals surface area contributed by atoms with Crippen LogP contribution in [0.2, 0.25) is 0 Å². The number of ether oxygens (including phenoxy) is 1. The zero-order chi connectivity index (χ0) is 19.2. The van der Waals surface area contributed by atoms with Crippen LogP contribution in [0, 0.1) is 5.82 Å². The van der Waals surface area contributed by atoms with E-state index < -0.39 is 0 Å². The highest BCUT2D eigenvalue weighted by Gasteiger charge is 2.21. The van der Waals surface area contributed by atoms with Crippen LogP contribution in [0.25, 0.3) is 10.9 Å². The predicted molar refractivity (Wildman–Crippen MR) is 115 cm³/mol. The summed E-state index contributed by atoms with van der Waals surface area (Å²) in [4.78, 5) is 8.30. The molecule has 0 radical (unpaired) electrons. The van der Waals surface area contributed by atoms with Gasteiger partial charge in [-0.15, -0.1) is 11.8 Å². The van der Waals surface area contributed by atoms with Crippen molar-refractivity contribution in [2.24, 2.45) is 4.99 Å². The maximum absolute atomic E-state index is 14.1. The second kappa shape index (κ2) is 9.60. The van der Waals surface area contributed by atoms with Gasteiger partial charge in [0.15, 0.2) is 0 Å². The number of hydrogen-bond donors (Lipinski definition) is 2. The molecule has 0 amide bonds. The first-order chi connectivity index (χ1) is 13.2. The summed E-state index contributed by atoms with van der Waals surface area (Å²) >= 11 is 1.79. The molecule has 4 nitrogen and oxygen atoms in total. The molecular weight excluding hydrogens is 361 g/mol. The summed E-state index contributed by atoms with van der Waals surface area (Å²) in [5, 5.41) is 5.44. The first-order valence-electron chi connectivity index (χ1n) is 10.1. The fourth-order valence-corrected chi connectivity index (χ4v) is 4.62. The van der Waals surface area contributed by atoms with E-state index in [1.54, 1.807) is 23.9 Å². The Morgan fingerprint density at radius 1 is 1.26 bits per heavy atom. The Labute approximate surface area is 165 Å². The predicted octanol–water partition coefficient (Wildman–Crippen LogP) is 5.59. The van der Waals surface area contributed by atoms with Gasteiger partial charge in [-0.3, -0.25) is 4.99 Å². The summed E-state index contributed by atoms with van der Waals surface area (Å²) in [6.07, 6.45) is 4.18. The minimum absolute atomic E-state index is 0.211. The maximum atomic E-state index is 14.1. The van der Waals surface area contributed by atoms with Crippen LogP contribution in [0.1, 0.15) is 52.1 Å².